The molecule has 1 heterocycles. The molecule has 0 spiro atoms. The van der Waals surface area contributed by atoms with Crippen LogP contribution in [-0.2, 0) is 11.2 Å². The van der Waals surface area contributed by atoms with Gasteiger partial charge in [-0.05, 0) is 20.8 Å². The van der Waals surface area contributed by atoms with Crippen molar-refractivity contribution >= 4 is 11.9 Å². The SMILES string of the molecule is C=C(C)CN(CC)C(=O)c1c(C)coc1CC(=O)O. The summed E-state index contributed by atoms with van der Waals surface area (Å²) in [5.74, 6) is -1.03. The number of aliphatic carboxylic acids is 1. The van der Waals surface area contributed by atoms with E-state index in [1.165, 1.54) is 6.26 Å². The Bertz CT molecular complexity index is 502. The van der Waals surface area contributed by atoms with Crippen LogP contribution in [0.1, 0.15) is 35.5 Å². The zero-order valence-electron chi connectivity index (χ0n) is 11.5. The summed E-state index contributed by atoms with van der Waals surface area (Å²) in [4.78, 5) is 24.8. The molecule has 0 atom stereocenters. The van der Waals surface area contributed by atoms with E-state index in [1.807, 2.05) is 13.8 Å². The predicted octanol–water partition coefficient (Wildman–Crippen LogP) is 2.25. The van der Waals surface area contributed by atoms with E-state index in [0.717, 1.165) is 5.57 Å². The number of carboxylic acid groups (broad SMARTS) is 1. The third-order valence-electron chi connectivity index (χ3n) is 2.71. The second-order valence-corrected chi connectivity index (χ2v) is 4.56. The summed E-state index contributed by atoms with van der Waals surface area (Å²) in [6, 6.07) is 0. The Kier molecular flexibility index (Phi) is 4.92. The number of hydrogen-bond acceptors (Lipinski definition) is 3. The minimum atomic E-state index is -1.02. The van der Waals surface area contributed by atoms with Crippen molar-refractivity contribution in [1.29, 1.82) is 0 Å². The molecule has 5 nitrogen and oxygen atoms in total. The Hall–Kier alpha value is -2.04. The molecule has 1 amide bonds. The molecule has 0 aliphatic heterocycles. The number of carbonyl (C=O) groups is 2. The molecule has 0 fully saturated rings. The lowest BCUT2D eigenvalue weighted by molar-refractivity contribution is -0.136. The van der Waals surface area contributed by atoms with E-state index in [9.17, 15) is 9.59 Å². The largest absolute Gasteiger partial charge is 0.481 e. The Labute approximate surface area is 112 Å². The van der Waals surface area contributed by atoms with Crippen molar-refractivity contribution in [1.82, 2.24) is 4.90 Å². The number of rotatable bonds is 6. The predicted molar refractivity (Wildman–Crippen MR) is 71.2 cm³/mol. The average Bonchev–Trinajstić information content (AvgIpc) is 2.65. The zero-order chi connectivity index (χ0) is 14.6. The molecule has 0 saturated carbocycles. The van der Waals surface area contributed by atoms with E-state index in [0.29, 0.717) is 24.2 Å². The summed E-state index contributed by atoms with van der Waals surface area (Å²) in [5, 5.41) is 8.82. The highest BCUT2D eigenvalue weighted by Crippen LogP contribution is 2.20. The van der Waals surface area contributed by atoms with E-state index in [4.69, 9.17) is 9.52 Å². The van der Waals surface area contributed by atoms with Gasteiger partial charge in [0, 0.05) is 18.7 Å². The second kappa shape index (κ2) is 6.22. The number of carboxylic acids is 1. The Morgan fingerprint density at radius 3 is 2.58 bits per heavy atom. The molecule has 1 N–H and O–H groups in total. The van der Waals surface area contributed by atoms with Gasteiger partial charge in [-0.25, -0.2) is 0 Å². The molecule has 0 bridgehead atoms. The monoisotopic (exact) mass is 265 g/mol. The number of aryl methyl sites for hydroxylation is 1. The normalized spacial score (nSPS) is 10.3. The highest BCUT2D eigenvalue weighted by molar-refractivity contribution is 5.97. The van der Waals surface area contributed by atoms with Crippen molar-refractivity contribution in [2.75, 3.05) is 13.1 Å². The zero-order valence-corrected chi connectivity index (χ0v) is 11.5. The summed E-state index contributed by atoms with van der Waals surface area (Å²) >= 11 is 0. The van der Waals surface area contributed by atoms with Gasteiger partial charge in [0.25, 0.3) is 5.91 Å². The molecule has 0 saturated heterocycles. The first-order valence-corrected chi connectivity index (χ1v) is 6.09. The van der Waals surface area contributed by atoms with Gasteiger partial charge in [-0.1, -0.05) is 12.2 Å². The van der Waals surface area contributed by atoms with Crippen LogP contribution in [-0.4, -0.2) is 35.0 Å². The smallest absolute Gasteiger partial charge is 0.311 e. The molecule has 0 aliphatic rings. The molecule has 0 radical (unpaired) electrons. The molecule has 104 valence electrons. The van der Waals surface area contributed by atoms with Gasteiger partial charge in [-0.3, -0.25) is 9.59 Å². The number of likely N-dealkylation sites (N-methyl/N-ethyl adjacent to an activating group) is 1. The summed E-state index contributed by atoms with van der Waals surface area (Å²) in [7, 11) is 0. The number of nitrogens with zero attached hydrogens (tertiary/aromatic N) is 1. The lowest BCUT2D eigenvalue weighted by Crippen LogP contribution is -2.33. The molecule has 0 aromatic carbocycles. The van der Waals surface area contributed by atoms with Crippen LogP contribution in [0.2, 0.25) is 0 Å². The standard InChI is InChI=1S/C14H19NO4/c1-5-15(7-9(2)3)14(18)13-10(4)8-19-11(13)6-12(16)17/h8H,2,5-7H2,1,3-4H3,(H,16,17). The minimum Gasteiger partial charge on any atom is -0.481 e. The number of hydrogen-bond donors (Lipinski definition) is 1. The van der Waals surface area contributed by atoms with Crippen LogP contribution < -0.4 is 0 Å². The van der Waals surface area contributed by atoms with Crippen LogP contribution in [0.4, 0.5) is 0 Å². The van der Waals surface area contributed by atoms with Gasteiger partial charge in [-0.2, -0.15) is 0 Å². The van der Waals surface area contributed by atoms with Crippen molar-refractivity contribution in [2.45, 2.75) is 27.2 Å². The fourth-order valence-electron chi connectivity index (χ4n) is 1.86. The van der Waals surface area contributed by atoms with Crippen molar-refractivity contribution in [2.24, 2.45) is 0 Å². The van der Waals surface area contributed by atoms with Gasteiger partial charge >= 0.3 is 5.97 Å². The molecule has 0 unspecified atom stereocenters. The Morgan fingerprint density at radius 2 is 2.11 bits per heavy atom. The van der Waals surface area contributed by atoms with Gasteiger partial charge in [0.1, 0.15) is 12.2 Å². The van der Waals surface area contributed by atoms with Crippen molar-refractivity contribution in [3.8, 4) is 0 Å². The quantitative estimate of drug-likeness (QED) is 0.801. The Balaban J connectivity index is 3.06. The van der Waals surface area contributed by atoms with Gasteiger partial charge in [0.15, 0.2) is 0 Å². The lowest BCUT2D eigenvalue weighted by atomic mass is 10.1. The minimum absolute atomic E-state index is 0.204. The van der Waals surface area contributed by atoms with Gasteiger partial charge in [-0.15, -0.1) is 0 Å². The average molecular weight is 265 g/mol. The topological polar surface area (TPSA) is 70.8 Å². The van der Waals surface area contributed by atoms with Crippen LogP contribution in [0.25, 0.3) is 0 Å². The van der Waals surface area contributed by atoms with Gasteiger partial charge in [0.05, 0.1) is 11.8 Å². The first-order valence-electron chi connectivity index (χ1n) is 6.09. The summed E-state index contributed by atoms with van der Waals surface area (Å²) in [6.07, 6.45) is 1.12. The maximum atomic E-state index is 12.4. The van der Waals surface area contributed by atoms with Crippen molar-refractivity contribution in [3.05, 3.63) is 35.3 Å². The van der Waals surface area contributed by atoms with Crippen LogP contribution >= 0.6 is 0 Å². The van der Waals surface area contributed by atoms with E-state index >= 15 is 0 Å². The fraction of sp³-hybridized carbons (Fsp3) is 0.429. The van der Waals surface area contributed by atoms with E-state index in [-0.39, 0.29) is 18.1 Å². The van der Waals surface area contributed by atoms with Crippen molar-refractivity contribution in [3.63, 3.8) is 0 Å². The molecular formula is C14H19NO4. The number of furan rings is 1. The van der Waals surface area contributed by atoms with Crippen LogP contribution in [0.5, 0.6) is 0 Å². The second-order valence-electron chi connectivity index (χ2n) is 4.56. The van der Waals surface area contributed by atoms with E-state index in [2.05, 4.69) is 6.58 Å². The maximum absolute atomic E-state index is 12.4. The highest BCUT2D eigenvalue weighted by Gasteiger charge is 2.24. The Morgan fingerprint density at radius 1 is 1.47 bits per heavy atom. The van der Waals surface area contributed by atoms with E-state index < -0.39 is 5.97 Å². The highest BCUT2D eigenvalue weighted by atomic mass is 16.4. The maximum Gasteiger partial charge on any atom is 0.311 e. The first-order chi connectivity index (χ1) is 8.86. The first kappa shape index (κ1) is 15.0. The molecule has 1 aromatic heterocycles. The third-order valence-corrected chi connectivity index (χ3v) is 2.71. The summed E-state index contributed by atoms with van der Waals surface area (Å²) in [5.41, 5.74) is 1.88. The fourth-order valence-corrected chi connectivity index (χ4v) is 1.86. The van der Waals surface area contributed by atoms with Crippen LogP contribution in [0.3, 0.4) is 0 Å². The van der Waals surface area contributed by atoms with Crippen molar-refractivity contribution < 1.29 is 19.1 Å². The summed E-state index contributed by atoms with van der Waals surface area (Å²) in [6.45, 7) is 10.2. The summed E-state index contributed by atoms with van der Waals surface area (Å²) < 4.78 is 5.18. The molecular weight excluding hydrogens is 246 g/mol. The molecule has 5 heteroatoms. The third kappa shape index (κ3) is 3.71. The molecule has 19 heavy (non-hydrogen) atoms. The van der Waals surface area contributed by atoms with Crippen LogP contribution in [0.15, 0.2) is 22.8 Å². The molecule has 1 rings (SSSR count). The van der Waals surface area contributed by atoms with Gasteiger partial charge in [0.2, 0.25) is 0 Å². The number of amides is 1. The molecule has 1 aromatic rings. The van der Waals surface area contributed by atoms with Crippen LogP contribution in [0, 0.1) is 6.92 Å². The lowest BCUT2D eigenvalue weighted by Gasteiger charge is -2.21. The molecule has 0 aliphatic carbocycles. The number of carbonyl (C=O) groups excluding carboxylic acids is 1. The van der Waals surface area contributed by atoms with Gasteiger partial charge < -0.3 is 14.4 Å². The van der Waals surface area contributed by atoms with E-state index in [1.54, 1.807) is 11.8 Å².